The summed E-state index contributed by atoms with van der Waals surface area (Å²) in [5.74, 6) is 0.893. The first-order valence-electron chi connectivity index (χ1n) is 7.06. The van der Waals surface area contributed by atoms with Gasteiger partial charge in [-0.05, 0) is 36.2 Å². The van der Waals surface area contributed by atoms with Crippen LogP contribution in [0.4, 0.5) is 0 Å². The minimum Gasteiger partial charge on any atom is -0.493 e. The molecular weight excluding hydrogens is 264 g/mol. The van der Waals surface area contributed by atoms with Gasteiger partial charge in [0.05, 0.1) is 13.0 Å². The molecule has 1 aromatic heterocycles. The van der Waals surface area contributed by atoms with Crippen LogP contribution in [0.2, 0.25) is 0 Å². The third-order valence-corrected chi connectivity index (χ3v) is 3.24. The van der Waals surface area contributed by atoms with Crippen LogP contribution in [0.3, 0.4) is 0 Å². The summed E-state index contributed by atoms with van der Waals surface area (Å²) in [7, 11) is 1.83. The van der Waals surface area contributed by atoms with E-state index in [1.165, 1.54) is 5.56 Å². The lowest BCUT2D eigenvalue weighted by atomic mass is 10.2. The number of amides is 1. The van der Waals surface area contributed by atoms with Gasteiger partial charge >= 0.3 is 0 Å². The Hall–Kier alpha value is -2.36. The molecule has 0 bridgehead atoms. The first-order valence-corrected chi connectivity index (χ1v) is 7.06. The van der Waals surface area contributed by atoms with Gasteiger partial charge in [-0.3, -0.25) is 9.78 Å². The van der Waals surface area contributed by atoms with E-state index in [2.05, 4.69) is 4.98 Å². The van der Waals surface area contributed by atoms with E-state index in [4.69, 9.17) is 4.74 Å². The number of hydrogen-bond donors (Lipinski definition) is 0. The Morgan fingerprint density at radius 2 is 1.86 bits per heavy atom. The van der Waals surface area contributed by atoms with Gasteiger partial charge in [0.2, 0.25) is 5.91 Å². The van der Waals surface area contributed by atoms with Crippen LogP contribution in [-0.4, -0.2) is 36.0 Å². The molecule has 1 amide bonds. The van der Waals surface area contributed by atoms with E-state index in [1.807, 2.05) is 49.5 Å². The molecule has 1 aromatic carbocycles. The van der Waals surface area contributed by atoms with Crippen LogP contribution in [0.1, 0.15) is 12.0 Å². The molecule has 0 saturated carbocycles. The normalized spacial score (nSPS) is 10.1. The molecule has 2 rings (SSSR count). The number of benzene rings is 1. The van der Waals surface area contributed by atoms with E-state index in [0.29, 0.717) is 19.6 Å². The van der Waals surface area contributed by atoms with Crippen molar-refractivity contribution in [2.45, 2.75) is 12.8 Å². The topological polar surface area (TPSA) is 42.4 Å². The number of carbonyl (C=O) groups excluding carboxylic acids is 1. The van der Waals surface area contributed by atoms with E-state index in [1.54, 1.807) is 17.3 Å². The molecule has 4 heteroatoms. The van der Waals surface area contributed by atoms with E-state index in [0.717, 1.165) is 12.2 Å². The van der Waals surface area contributed by atoms with Crippen molar-refractivity contribution >= 4 is 5.91 Å². The number of ether oxygens (including phenoxy) is 1. The molecule has 1 heterocycles. The minimum atomic E-state index is 0.0972. The second kappa shape index (κ2) is 8.04. The van der Waals surface area contributed by atoms with Gasteiger partial charge < -0.3 is 9.64 Å². The minimum absolute atomic E-state index is 0.0972. The van der Waals surface area contributed by atoms with Crippen LogP contribution in [0.15, 0.2) is 54.9 Å². The molecular formula is C17H20N2O2. The molecule has 0 aliphatic rings. The highest BCUT2D eigenvalue weighted by molar-refractivity contribution is 5.76. The van der Waals surface area contributed by atoms with Crippen LogP contribution < -0.4 is 4.74 Å². The summed E-state index contributed by atoms with van der Waals surface area (Å²) in [4.78, 5) is 17.7. The summed E-state index contributed by atoms with van der Waals surface area (Å²) >= 11 is 0. The molecule has 0 fully saturated rings. The Bertz CT molecular complexity index is 543. The van der Waals surface area contributed by atoms with Crippen molar-refractivity contribution in [2.24, 2.45) is 0 Å². The summed E-state index contributed by atoms with van der Waals surface area (Å²) in [6.07, 6.45) is 4.77. The second-order valence-corrected chi connectivity index (χ2v) is 4.83. The molecule has 0 aliphatic heterocycles. The Kier molecular flexibility index (Phi) is 5.76. The summed E-state index contributed by atoms with van der Waals surface area (Å²) in [5, 5.41) is 0. The Morgan fingerprint density at radius 3 is 2.57 bits per heavy atom. The van der Waals surface area contributed by atoms with Crippen LogP contribution in [0.5, 0.6) is 5.75 Å². The SMILES string of the molecule is CN(CCc1ccncc1)C(=O)CCOc1ccccc1. The predicted octanol–water partition coefficient (Wildman–Crippen LogP) is 2.55. The van der Waals surface area contributed by atoms with Gasteiger partial charge in [0.25, 0.3) is 0 Å². The molecule has 0 saturated heterocycles. The predicted molar refractivity (Wildman–Crippen MR) is 82.1 cm³/mol. The van der Waals surface area contributed by atoms with Crippen LogP contribution in [-0.2, 0) is 11.2 Å². The van der Waals surface area contributed by atoms with Crippen molar-refractivity contribution in [1.29, 1.82) is 0 Å². The largest absolute Gasteiger partial charge is 0.493 e. The lowest BCUT2D eigenvalue weighted by molar-refractivity contribution is -0.130. The zero-order valence-corrected chi connectivity index (χ0v) is 12.2. The highest BCUT2D eigenvalue weighted by Gasteiger charge is 2.08. The number of nitrogens with zero attached hydrogens (tertiary/aromatic N) is 2. The van der Waals surface area contributed by atoms with E-state index < -0.39 is 0 Å². The van der Waals surface area contributed by atoms with Crippen molar-refractivity contribution in [1.82, 2.24) is 9.88 Å². The number of pyridine rings is 1. The fraction of sp³-hybridized carbons (Fsp3) is 0.294. The lowest BCUT2D eigenvalue weighted by Crippen LogP contribution is -2.29. The van der Waals surface area contributed by atoms with Crippen molar-refractivity contribution in [3.05, 3.63) is 60.4 Å². The second-order valence-electron chi connectivity index (χ2n) is 4.83. The van der Waals surface area contributed by atoms with E-state index in [9.17, 15) is 4.79 Å². The van der Waals surface area contributed by atoms with Crippen molar-refractivity contribution < 1.29 is 9.53 Å². The zero-order valence-electron chi connectivity index (χ0n) is 12.2. The van der Waals surface area contributed by atoms with Gasteiger partial charge in [-0.1, -0.05) is 18.2 Å². The molecule has 0 atom stereocenters. The molecule has 110 valence electrons. The highest BCUT2D eigenvalue weighted by atomic mass is 16.5. The smallest absolute Gasteiger partial charge is 0.225 e. The summed E-state index contributed by atoms with van der Waals surface area (Å²) in [6.45, 7) is 1.11. The van der Waals surface area contributed by atoms with Crippen molar-refractivity contribution in [3.8, 4) is 5.75 Å². The van der Waals surface area contributed by atoms with Crippen molar-refractivity contribution in [3.63, 3.8) is 0 Å². The zero-order chi connectivity index (χ0) is 14.9. The average Bonchev–Trinajstić information content (AvgIpc) is 2.54. The van der Waals surface area contributed by atoms with Gasteiger partial charge in [-0.2, -0.15) is 0 Å². The summed E-state index contributed by atoms with van der Waals surface area (Å²) in [6, 6.07) is 13.5. The van der Waals surface area contributed by atoms with Crippen LogP contribution >= 0.6 is 0 Å². The number of hydrogen-bond acceptors (Lipinski definition) is 3. The molecule has 0 radical (unpaired) electrons. The quantitative estimate of drug-likeness (QED) is 0.784. The first-order chi connectivity index (χ1) is 10.3. The summed E-state index contributed by atoms with van der Waals surface area (Å²) in [5.41, 5.74) is 1.19. The number of carbonyl (C=O) groups is 1. The van der Waals surface area contributed by atoms with Crippen LogP contribution in [0.25, 0.3) is 0 Å². The Labute approximate surface area is 125 Å². The highest BCUT2D eigenvalue weighted by Crippen LogP contribution is 2.08. The van der Waals surface area contributed by atoms with Crippen molar-refractivity contribution in [2.75, 3.05) is 20.2 Å². The monoisotopic (exact) mass is 284 g/mol. The number of aromatic nitrogens is 1. The van der Waals surface area contributed by atoms with Gasteiger partial charge in [-0.25, -0.2) is 0 Å². The molecule has 4 nitrogen and oxygen atoms in total. The third kappa shape index (κ3) is 5.26. The van der Waals surface area contributed by atoms with Gasteiger partial charge in [0, 0.05) is 26.0 Å². The molecule has 21 heavy (non-hydrogen) atoms. The van der Waals surface area contributed by atoms with Gasteiger partial charge in [-0.15, -0.1) is 0 Å². The maximum Gasteiger partial charge on any atom is 0.225 e. The molecule has 0 spiro atoms. The fourth-order valence-electron chi connectivity index (χ4n) is 1.93. The number of para-hydroxylation sites is 1. The summed E-state index contributed by atoms with van der Waals surface area (Å²) < 4.78 is 5.53. The first kappa shape index (κ1) is 15.0. The van der Waals surface area contributed by atoms with Gasteiger partial charge in [0.1, 0.15) is 5.75 Å². The Balaban J connectivity index is 1.68. The Morgan fingerprint density at radius 1 is 1.14 bits per heavy atom. The lowest BCUT2D eigenvalue weighted by Gasteiger charge is -2.17. The molecule has 0 unspecified atom stereocenters. The maximum absolute atomic E-state index is 12.0. The van der Waals surface area contributed by atoms with Crippen LogP contribution in [0, 0.1) is 0 Å². The van der Waals surface area contributed by atoms with Gasteiger partial charge in [0.15, 0.2) is 0 Å². The standard InChI is InChI=1S/C17H20N2O2/c1-19(13-9-15-7-11-18-12-8-15)17(20)10-14-21-16-5-3-2-4-6-16/h2-8,11-12H,9-10,13-14H2,1H3. The van der Waals surface area contributed by atoms with E-state index in [-0.39, 0.29) is 5.91 Å². The average molecular weight is 284 g/mol. The molecule has 2 aromatic rings. The molecule has 0 N–H and O–H groups in total. The van der Waals surface area contributed by atoms with E-state index >= 15 is 0 Å². The maximum atomic E-state index is 12.0. The number of rotatable bonds is 7. The fourth-order valence-corrected chi connectivity index (χ4v) is 1.93. The number of likely N-dealkylation sites (N-methyl/N-ethyl adjacent to an activating group) is 1. The third-order valence-electron chi connectivity index (χ3n) is 3.24. The molecule has 0 aliphatic carbocycles.